The average Bonchev–Trinajstić information content (AvgIpc) is 3.40. The fraction of sp³-hybridized carbons (Fsp3) is 0.364. The number of nitrogens with one attached hydrogen (secondary N) is 2. The van der Waals surface area contributed by atoms with Crippen LogP contribution in [-0.2, 0) is 9.59 Å². The molecular weight excluding hydrogens is 324 g/mol. The standard InChI is InChI=1S/C22H26N2O2/c1-14(2)17-6-9-18(10-7-17)23-20(25)22(11-12-22)21(26)24-19-8-5-15(3)16(4)13-19/h5-10,13-14H,11-12H2,1-4H3,(H,23,25)(H,24,26). The fourth-order valence-electron chi connectivity index (χ4n) is 2.95. The second-order valence-electron chi connectivity index (χ2n) is 7.57. The number of hydrogen-bond donors (Lipinski definition) is 2. The third kappa shape index (κ3) is 3.64. The van der Waals surface area contributed by atoms with Crippen molar-refractivity contribution >= 4 is 23.2 Å². The number of anilines is 2. The van der Waals surface area contributed by atoms with Crippen LogP contribution < -0.4 is 10.6 Å². The summed E-state index contributed by atoms with van der Waals surface area (Å²) >= 11 is 0. The van der Waals surface area contributed by atoms with E-state index in [1.807, 2.05) is 56.3 Å². The van der Waals surface area contributed by atoms with Crippen LogP contribution in [0.4, 0.5) is 11.4 Å². The Kier molecular flexibility index (Phi) is 4.86. The van der Waals surface area contributed by atoms with Crippen molar-refractivity contribution < 1.29 is 9.59 Å². The van der Waals surface area contributed by atoms with E-state index in [0.717, 1.165) is 16.9 Å². The second-order valence-corrected chi connectivity index (χ2v) is 7.57. The van der Waals surface area contributed by atoms with Crippen molar-refractivity contribution in [2.45, 2.75) is 46.5 Å². The first-order valence-electron chi connectivity index (χ1n) is 9.12. The van der Waals surface area contributed by atoms with Gasteiger partial charge in [-0.2, -0.15) is 0 Å². The van der Waals surface area contributed by atoms with E-state index in [0.29, 0.717) is 18.8 Å². The monoisotopic (exact) mass is 350 g/mol. The zero-order chi connectivity index (χ0) is 18.9. The average molecular weight is 350 g/mol. The van der Waals surface area contributed by atoms with E-state index in [-0.39, 0.29) is 11.8 Å². The second kappa shape index (κ2) is 6.94. The highest BCUT2D eigenvalue weighted by molar-refractivity contribution is 6.16. The molecule has 2 aromatic rings. The van der Waals surface area contributed by atoms with Crippen LogP contribution in [0.25, 0.3) is 0 Å². The van der Waals surface area contributed by atoms with Gasteiger partial charge in [0, 0.05) is 11.4 Å². The summed E-state index contributed by atoms with van der Waals surface area (Å²) in [6, 6.07) is 13.6. The third-order valence-electron chi connectivity index (χ3n) is 5.22. The molecule has 3 rings (SSSR count). The van der Waals surface area contributed by atoms with E-state index in [2.05, 4.69) is 24.5 Å². The molecule has 4 nitrogen and oxygen atoms in total. The Bertz CT molecular complexity index is 834. The minimum Gasteiger partial charge on any atom is -0.325 e. The smallest absolute Gasteiger partial charge is 0.240 e. The van der Waals surface area contributed by atoms with Gasteiger partial charge in [-0.3, -0.25) is 9.59 Å². The highest BCUT2D eigenvalue weighted by Gasteiger charge is 2.56. The Morgan fingerprint density at radius 3 is 1.88 bits per heavy atom. The van der Waals surface area contributed by atoms with Crippen LogP contribution >= 0.6 is 0 Å². The van der Waals surface area contributed by atoms with E-state index in [1.165, 1.54) is 11.1 Å². The molecule has 26 heavy (non-hydrogen) atoms. The van der Waals surface area contributed by atoms with Crippen molar-refractivity contribution in [3.63, 3.8) is 0 Å². The van der Waals surface area contributed by atoms with Gasteiger partial charge in [-0.05, 0) is 73.6 Å². The lowest BCUT2D eigenvalue weighted by Crippen LogP contribution is -2.35. The van der Waals surface area contributed by atoms with Gasteiger partial charge in [-0.1, -0.05) is 32.0 Å². The maximum absolute atomic E-state index is 12.7. The van der Waals surface area contributed by atoms with Crippen molar-refractivity contribution in [1.29, 1.82) is 0 Å². The summed E-state index contributed by atoms with van der Waals surface area (Å²) in [6.07, 6.45) is 1.17. The van der Waals surface area contributed by atoms with E-state index in [9.17, 15) is 9.59 Å². The van der Waals surface area contributed by atoms with Crippen molar-refractivity contribution in [1.82, 2.24) is 0 Å². The summed E-state index contributed by atoms with van der Waals surface area (Å²) in [6.45, 7) is 8.29. The first-order valence-corrected chi connectivity index (χ1v) is 9.12. The number of carbonyl (C=O) groups excluding carboxylic acids is 2. The molecule has 0 atom stereocenters. The van der Waals surface area contributed by atoms with E-state index in [4.69, 9.17) is 0 Å². The molecule has 0 heterocycles. The Balaban J connectivity index is 1.68. The third-order valence-corrected chi connectivity index (χ3v) is 5.22. The summed E-state index contributed by atoms with van der Waals surface area (Å²) in [5, 5.41) is 5.80. The van der Waals surface area contributed by atoms with Crippen LogP contribution in [0.3, 0.4) is 0 Å². The van der Waals surface area contributed by atoms with Crippen LogP contribution in [0.2, 0.25) is 0 Å². The van der Waals surface area contributed by atoms with Crippen molar-refractivity contribution in [3.05, 3.63) is 59.2 Å². The minimum atomic E-state index is -0.949. The van der Waals surface area contributed by atoms with E-state index < -0.39 is 5.41 Å². The molecule has 1 saturated carbocycles. The van der Waals surface area contributed by atoms with Crippen LogP contribution in [-0.4, -0.2) is 11.8 Å². The molecular formula is C22H26N2O2. The van der Waals surface area contributed by atoms with Crippen LogP contribution in [0.1, 0.15) is 49.3 Å². The SMILES string of the molecule is Cc1ccc(NC(=O)C2(C(=O)Nc3ccc(C(C)C)cc3)CC2)cc1C. The van der Waals surface area contributed by atoms with Gasteiger partial charge in [0.25, 0.3) is 0 Å². The molecule has 2 amide bonds. The topological polar surface area (TPSA) is 58.2 Å². The molecule has 0 unspecified atom stereocenters. The largest absolute Gasteiger partial charge is 0.325 e. The van der Waals surface area contributed by atoms with Gasteiger partial charge >= 0.3 is 0 Å². The Morgan fingerprint density at radius 2 is 1.38 bits per heavy atom. The number of amides is 2. The Hall–Kier alpha value is -2.62. The van der Waals surface area contributed by atoms with Gasteiger partial charge in [0.15, 0.2) is 0 Å². The highest BCUT2D eigenvalue weighted by Crippen LogP contribution is 2.47. The molecule has 0 saturated heterocycles. The lowest BCUT2D eigenvalue weighted by Gasteiger charge is -2.16. The quantitative estimate of drug-likeness (QED) is 0.762. The van der Waals surface area contributed by atoms with Crippen LogP contribution in [0.15, 0.2) is 42.5 Å². The highest BCUT2D eigenvalue weighted by atomic mass is 16.2. The van der Waals surface area contributed by atoms with Crippen LogP contribution in [0.5, 0.6) is 0 Å². The molecule has 1 fully saturated rings. The predicted molar refractivity (Wildman–Crippen MR) is 105 cm³/mol. The Morgan fingerprint density at radius 1 is 0.846 bits per heavy atom. The molecule has 0 aliphatic heterocycles. The van der Waals surface area contributed by atoms with E-state index >= 15 is 0 Å². The summed E-state index contributed by atoms with van der Waals surface area (Å²) in [4.78, 5) is 25.4. The molecule has 136 valence electrons. The number of carbonyl (C=O) groups is 2. The molecule has 4 heteroatoms. The first-order chi connectivity index (χ1) is 12.3. The first kappa shape index (κ1) is 18.2. The van der Waals surface area contributed by atoms with Gasteiger partial charge in [-0.25, -0.2) is 0 Å². The zero-order valence-corrected chi connectivity index (χ0v) is 15.8. The predicted octanol–water partition coefficient (Wildman–Crippen LogP) is 4.78. The molecule has 0 radical (unpaired) electrons. The van der Waals surface area contributed by atoms with E-state index in [1.54, 1.807) is 0 Å². The number of benzene rings is 2. The zero-order valence-electron chi connectivity index (χ0n) is 15.8. The maximum Gasteiger partial charge on any atom is 0.240 e. The molecule has 0 bridgehead atoms. The molecule has 2 aromatic carbocycles. The minimum absolute atomic E-state index is 0.225. The summed E-state index contributed by atoms with van der Waals surface area (Å²) in [7, 11) is 0. The van der Waals surface area contributed by atoms with Gasteiger partial charge in [0.2, 0.25) is 11.8 Å². The fourth-order valence-corrected chi connectivity index (χ4v) is 2.95. The molecule has 0 spiro atoms. The van der Waals surface area contributed by atoms with Crippen molar-refractivity contribution in [3.8, 4) is 0 Å². The summed E-state index contributed by atoms with van der Waals surface area (Å²) in [5.41, 5.74) is 4.02. The molecule has 2 N–H and O–H groups in total. The molecule has 1 aliphatic carbocycles. The number of rotatable bonds is 5. The summed E-state index contributed by atoms with van der Waals surface area (Å²) < 4.78 is 0. The maximum atomic E-state index is 12.7. The number of hydrogen-bond acceptors (Lipinski definition) is 2. The van der Waals surface area contributed by atoms with Gasteiger partial charge in [-0.15, -0.1) is 0 Å². The molecule has 0 aromatic heterocycles. The van der Waals surface area contributed by atoms with Crippen molar-refractivity contribution in [2.24, 2.45) is 5.41 Å². The number of aryl methyl sites for hydroxylation is 2. The van der Waals surface area contributed by atoms with Gasteiger partial charge in [0.1, 0.15) is 5.41 Å². The lowest BCUT2D eigenvalue weighted by molar-refractivity contribution is -0.131. The van der Waals surface area contributed by atoms with Gasteiger partial charge in [0.05, 0.1) is 0 Å². The lowest BCUT2D eigenvalue weighted by atomic mass is 10.0. The van der Waals surface area contributed by atoms with Crippen molar-refractivity contribution in [2.75, 3.05) is 10.6 Å². The van der Waals surface area contributed by atoms with Gasteiger partial charge < -0.3 is 10.6 Å². The Labute approximate surface area is 155 Å². The molecule has 1 aliphatic rings. The van der Waals surface area contributed by atoms with Crippen LogP contribution in [0, 0.1) is 19.3 Å². The normalized spacial score (nSPS) is 14.8. The summed E-state index contributed by atoms with van der Waals surface area (Å²) in [5.74, 6) is -0.00791.